The van der Waals surface area contributed by atoms with E-state index in [0.717, 1.165) is 56.1 Å². The van der Waals surface area contributed by atoms with Crippen LogP contribution in [-0.2, 0) is 17.6 Å². The van der Waals surface area contributed by atoms with Gasteiger partial charge in [-0.15, -0.1) is 0 Å². The van der Waals surface area contributed by atoms with Gasteiger partial charge in [-0.3, -0.25) is 0 Å². The number of ether oxygens (including phenoxy) is 1. The second-order valence-corrected chi connectivity index (χ2v) is 10.1. The van der Waals surface area contributed by atoms with Crippen molar-refractivity contribution in [3.05, 3.63) is 58.7 Å². The Labute approximate surface area is 200 Å². The molecule has 2 aromatic rings. The van der Waals surface area contributed by atoms with Gasteiger partial charge in [-0.1, -0.05) is 44.2 Å². The Kier molecular flexibility index (Phi) is 8.68. The monoisotopic (exact) mass is 476 g/mol. The quantitative estimate of drug-likeness (QED) is 0.200. The Bertz CT molecular complexity index is 942. The largest absolute Gasteiger partial charge is 0.382 e. The minimum Gasteiger partial charge on any atom is -0.382 e. The summed E-state index contributed by atoms with van der Waals surface area (Å²) in [7, 11) is 0. The molecule has 0 aliphatic heterocycles. The van der Waals surface area contributed by atoms with Crippen molar-refractivity contribution in [2.75, 3.05) is 13.2 Å². The zero-order valence-electron chi connectivity index (χ0n) is 20.2. The molecule has 0 aromatic heterocycles. The summed E-state index contributed by atoms with van der Waals surface area (Å²) in [4.78, 5) is 0. The lowest BCUT2D eigenvalue weighted by Crippen LogP contribution is -2.27. The third-order valence-electron chi connectivity index (χ3n) is 8.05. The van der Waals surface area contributed by atoms with Crippen molar-refractivity contribution in [2.24, 2.45) is 17.8 Å². The molecule has 1 nitrogen and oxygen atoms in total. The van der Waals surface area contributed by atoms with Gasteiger partial charge in [0.15, 0.2) is 17.5 Å². The standard InChI is InChI=1S/C29H36F4O/c1-2-34-15-5-3-4-6-19-7-9-20(10-8-19)21-11-13-24-22(16-21)12-14-25(28(24)32)23-17-26(30)29(33)27(31)18-23/h12,14,17-21H,2-11,13,15-16H2,1H3. The molecular formula is C29H36F4O. The van der Waals surface area contributed by atoms with Crippen LogP contribution < -0.4 is 0 Å². The molecule has 2 aliphatic rings. The number of unbranched alkanes of at least 4 members (excludes halogenated alkanes) is 2. The number of hydrogen-bond acceptors (Lipinski definition) is 1. The summed E-state index contributed by atoms with van der Waals surface area (Å²) in [6.07, 6.45) is 12.6. The maximum absolute atomic E-state index is 15.3. The van der Waals surface area contributed by atoms with Crippen LogP contribution >= 0.6 is 0 Å². The van der Waals surface area contributed by atoms with E-state index >= 15 is 4.39 Å². The lowest BCUT2D eigenvalue weighted by Gasteiger charge is -2.37. The maximum Gasteiger partial charge on any atom is 0.194 e. The van der Waals surface area contributed by atoms with Gasteiger partial charge < -0.3 is 4.74 Å². The van der Waals surface area contributed by atoms with Gasteiger partial charge in [0, 0.05) is 18.8 Å². The minimum absolute atomic E-state index is 0.0371. The fourth-order valence-electron chi connectivity index (χ4n) is 6.08. The SMILES string of the molecule is CCOCCCCCC1CCC(C2CCc3c(ccc(-c4cc(F)c(F)c(F)c4)c3F)C2)CC1. The van der Waals surface area contributed by atoms with Gasteiger partial charge in [0.05, 0.1) is 0 Å². The molecular weight excluding hydrogens is 440 g/mol. The number of rotatable bonds is 9. The fourth-order valence-corrected chi connectivity index (χ4v) is 6.08. The molecule has 1 atom stereocenters. The van der Waals surface area contributed by atoms with Gasteiger partial charge in [0.1, 0.15) is 5.82 Å². The zero-order chi connectivity index (χ0) is 24.1. The topological polar surface area (TPSA) is 9.23 Å². The molecule has 5 heteroatoms. The second-order valence-electron chi connectivity index (χ2n) is 10.1. The van der Waals surface area contributed by atoms with E-state index in [1.807, 2.05) is 13.0 Å². The number of fused-ring (bicyclic) bond motifs is 1. The van der Waals surface area contributed by atoms with E-state index in [9.17, 15) is 13.2 Å². The predicted octanol–water partition coefficient (Wildman–Crippen LogP) is 8.42. The highest BCUT2D eigenvalue weighted by atomic mass is 19.2. The van der Waals surface area contributed by atoms with E-state index in [1.54, 1.807) is 6.07 Å². The number of hydrogen-bond donors (Lipinski definition) is 0. The van der Waals surface area contributed by atoms with Gasteiger partial charge in [0.2, 0.25) is 0 Å². The van der Waals surface area contributed by atoms with Crippen LogP contribution in [0.25, 0.3) is 11.1 Å². The molecule has 1 unspecified atom stereocenters. The van der Waals surface area contributed by atoms with Gasteiger partial charge in [-0.25, -0.2) is 17.6 Å². The molecule has 1 saturated carbocycles. The molecule has 186 valence electrons. The van der Waals surface area contributed by atoms with Crippen molar-refractivity contribution < 1.29 is 22.3 Å². The smallest absolute Gasteiger partial charge is 0.194 e. The highest BCUT2D eigenvalue weighted by Gasteiger charge is 2.31. The average Bonchev–Trinajstić information content (AvgIpc) is 2.85. The molecule has 34 heavy (non-hydrogen) atoms. The lowest BCUT2D eigenvalue weighted by atomic mass is 9.69. The molecule has 0 radical (unpaired) electrons. The molecule has 0 saturated heterocycles. The summed E-state index contributed by atoms with van der Waals surface area (Å²) in [5.74, 6) is -2.43. The minimum atomic E-state index is -1.53. The Morgan fingerprint density at radius 3 is 2.26 bits per heavy atom. The number of halogens is 4. The summed E-state index contributed by atoms with van der Waals surface area (Å²) in [5, 5.41) is 0. The molecule has 0 N–H and O–H groups in total. The van der Waals surface area contributed by atoms with Crippen LogP contribution in [0.2, 0.25) is 0 Å². The summed E-state index contributed by atoms with van der Waals surface area (Å²) >= 11 is 0. The molecule has 0 bridgehead atoms. The van der Waals surface area contributed by atoms with E-state index in [0.29, 0.717) is 23.8 Å². The predicted molar refractivity (Wildman–Crippen MR) is 128 cm³/mol. The normalized spacial score (nSPS) is 22.6. The Morgan fingerprint density at radius 1 is 0.824 bits per heavy atom. The third-order valence-corrected chi connectivity index (χ3v) is 8.05. The molecule has 0 amide bonds. The van der Waals surface area contributed by atoms with Crippen LogP contribution in [0.3, 0.4) is 0 Å². The summed E-state index contributed by atoms with van der Waals surface area (Å²) in [6.45, 7) is 3.72. The van der Waals surface area contributed by atoms with Crippen molar-refractivity contribution in [1.82, 2.24) is 0 Å². The first-order valence-corrected chi connectivity index (χ1v) is 13.0. The molecule has 4 rings (SSSR count). The summed E-state index contributed by atoms with van der Waals surface area (Å²) in [5.41, 5.74) is 1.84. The zero-order valence-corrected chi connectivity index (χ0v) is 20.2. The lowest BCUT2D eigenvalue weighted by molar-refractivity contribution is 0.141. The van der Waals surface area contributed by atoms with Crippen LogP contribution in [0.1, 0.15) is 75.8 Å². The maximum atomic E-state index is 15.3. The van der Waals surface area contributed by atoms with E-state index in [4.69, 9.17) is 4.74 Å². The first kappa shape index (κ1) is 25.2. The van der Waals surface area contributed by atoms with Gasteiger partial charge in [-0.2, -0.15) is 0 Å². The molecule has 1 fully saturated rings. The van der Waals surface area contributed by atoms with E-state index in [1.165, 1.54) is 44.9 Å². The highest BCUT2D eigenvalue weighted by Crippen LogP contribution is 2.42. The van der Waals surface area contributed by atoms with E-state index in [2.05, 4.69) is 0 Å². The Balaban J connectivity index is 1.32. The third kappa shape index (κ3) is 5.84. The Morgan fingerprint density at radius 2 is 1.56 bits per heavy atom. The van der Waals surface area contributed by atoms with Crippen molar-refractivity contribution in [2.45, 2.75) is 77.6 Å². The molecule has 0 heterocycles. The first-order valence-electron chi connectivity index (χ1n) is 13.0. The fraction of sp³-hybridized carbons (Fsp3) is 0.586. The second kappa shape index (κ2) is 11.7. The number of benzene rings is 2. The van der Waals surface area contributed by atoms with Crippen molar-refractivity contribution in [3.63, 3.8) is 0 Å². The Hall–Kier alpha value is -1.88. The molecule has 0 spiro atoms. The van der Waals surface area contributed by atoms with Crippen LogP contribution in [-0.4, -0.2) is 13.2 Å². The molecule has 2 aromatic carbocycles. The van der Waals surface area contributed by atoms with Gasteiger partial charge >= 0.3 is 0 Å². The van der Waals surface area contributed by atoms with Crippen LogP contribution in [0, 0.1) is 41.0 Å². The van der Waals surface area contributed by atoms with Crippen LogP contribution in [0.4, 0.5) is 17.6 Å². The van der Waals surface area contributed by atoms with Crippen LogP contribution in [0.15, 0.2) is 24.3 Å². The average molecular weight is 477 g/mol. The van der Waals surface area contributed by atoms with E-state index < -0.39 is 23.3 Å². The first-order chi connectivity index (χ1) is 16.5. The highest BCUT2D eigenvalue weighted by molar-refractivity contribution is 5.66. The van der Waals surface area contributed by atoms with Gasteiger partial charge in [-0.05, 0) is 92.0 Å². The van der Waals surface area contributed by atoms with Crippen molar-refractivity contribution >= 4 is 0 Å². The van der Waals surface area contributed by atoms with Crippen LogP contribution in [0.5, 0.6) is 0 Å². The van der Waals surface area contributed by atoms with Gasteiger partial charge in [0.25, 0.3) is 0 Å². The van der Waals surface area contributed by atoms with Crippen molar-refractivity contribution in [1.29, 1.82) is 0 Å². The van der Waals surface area contributed by atoms with E-state index in [-0.39, 0.29) is 11.1 Å². The van der Waals surface area contributed by atoms with Crippen molar-refractivity contribution in [3.8, 4) is 11.1 Å². The molecule has 2 aliphatic carbocycles. The summed E-state index contributed by atoms with van der Waals surface area (Å²) in [6, 6.07) is 5.22. The summed E-state index contributed by atoms with van der Waals surface area (Å²) < 4.78 is 61.4.